The molecule has 9 heteroatoms. The van der Waals surface area contributed by atoms with E-state index in [0.717, 1.165) is 12.0 Å². The third-order valence-corrected chi connectivity index (χ3v) is 4.69. The first-order chi connectivity index (χ1) is 15.1. The maximum Gasteiger partial charge on any atom is 0.224 e. The molecule has 3 aromatic rings. The predicted molar refractivity (Wildman–Crippen MR) is 117 cm³/mol. The molecule has 0 bridgehead atoms. The summed E-state index contributed by atoms with van der Waals surface area (Å²) >= 11 is 0. The highest BCUT2D eigenvalue weighted by Gasteiger charge is 2.18. The number of benzene rings is 2. The number of nitrogens with zero attached hydrogens (tertiary/aromatic N) is 3. The van der Waals surface area contributed by atoms with Crippen molar-refractivity contribution in [2.24, 2.45) is 0 Å². The van der Waals surface area contributed by atoms with E-state index in [0.29, 0.717) is 46.5 Å². The zero-order chi connectivity index (χ0) is 22.4. The van der Waals surface area contributed by atoms with Crippen LogP contribution in [0.15, 0.2) is 36.5 Å². The molecular formula is C22H26N4O5. The second-order valence-electron chi connectivity index (χ2n) is 6.63. The van der Waals surface area contributed by atoms with Crippen LogP contribution in [0.2, 0.25) is 0 Å². The van der Waals surface area contributed by atoms with E-state index in [4.69, 9.17) is 18.9 Å². The van der Waals surface area contributed by atoms with Gasteiger partial charge in [0.25, 0.3) is 0 Å². The molecule has 0 saturated heterocycles. The Morgan fingerprint density at radius 1 is 0.968 bits per heavy atom. The molecule has 1 aromatic heterocycles. The minimum atomic E-state index is -0.0748. The summed E-state index contributed by atoms with van der Waals surface area (Å²) in [6.45, 7) is 1.95. The fourth-order valence-electron chi connectivity index (χ4n) is 3.22. The van der Waals surface area contributed by atoms with Gasteiger partial charge in [-0.2, -0.15) is 0 Å². The molecule has 0 aliphatic carbocycles. The van der Waals surface area contributed by atoms with Crippen molar-refractivity contribution < 1.29 is 23.7 Å². The summed E-state index contributed by atoms with van der Waals surface area (Å²) in [5.41, 5.74) is 2.76. The van der Waals surface area contributed by atoms with Gasteiger partial charge in [0.1, 0.15) is 5.75 Å². The Bertz CT molecular complexity index is 1040. The highest BCUT2D eigenvalue weighted by Crippen LogP contribution is 2.40. The van der Waals surface area contributed by atoms with Crippen molar-refractivity contribution in [3.8, 4) is 39.9 Å². The molecule has 0 saturated carbocycles. The summed E-state index contributed by atoms with van der Waals surface area (Å²) in [4.78, 5) is 12.1. The number of nitrogens with one attached hydrogen (secondary N) is 1. The molecular weight excluding hydrogens is 400 g/mol. The van der Waals surface area contributed by atoms with E-state index in [-0.39, 0.29) is 5.91 Å². The van der Waals surface area contributed by atoms with Crippen molar-refractivity contribution in [2.45, 2.75) is 19.8 Å². The van der Waals surface area contributed by atoms with Gasteiger partial charge in [-0.1, -0.05) is 12.1 Å². The lowest BCUT2D eigenvalue weighted by molar-refractivity contribution is -0.116. The molecule has 0 atom stereocenters. The van der Waals surface area contributed by atoms with Crippen LogP contribution in [0, 0.1) is 0 Å². The van der Waals surface area contributed by atoms with E-state index < -0.39 is 0 Å². The van der Waals surface area contributed by atoms with Gasteiger partial charge in [0.2, 0.25) is 11.7 Å². The molecule has 0 aliphatic heterocycles. The van der Waals surface area contributed by atoms with Gasteiger partial charge in [0.05, 0.1) is 51.7 Å². The lowest BCUT2D eigenvalue weighted by Gasteiger charge is -2.15. The lowest BCUT2D eigenvalue weighted by atomic mass is 10.1. The Labute approximate surface area is 180 Å². The third kappa shape index (κ3) is 4.55. The van der Waals surface area contributed by atoms with Gasteiger partial charge in [-0.15, -0.1) is 5.10 Å². The summed E-state index contributed by atoms with van der Waals surface area (Å²) < 4.78 is 23.3. The molecule has 9 nitrogen and oxygen atoms in total. The van der Waals surface area contributed by atoms with Crippen molar-refractivity contribution >= 4 is 11.6 Å². The van der Waals surface area contributed by atoms with E-state index >= 15 is 0 Å². The van der Waals surface area contributed by atoms with Gasteiger partial charge in [0.15, 0.2) is 11.5 Å². The van der Waals surface area contributed by atoms with Crippen molar-refractivity contribution in [1.29, 1.82) is 0 Å². The lowest BCUT2D eigenvalue weighted by Crippen LogP contribution is -2.11. The first kappa shape index (κ1) is 21.9. The van der Waals surface area contributed by atoms with Crippen LogP contribution in [-0.4, -0.2) is 49.3 Å². The van der Waals surface area contributed by atoms with Crippen LogP contribution in [0.5, 0.6) is 23.0 Å². The van der Waals surface area contributed by atoms with E-state index in [2.05, 4.69) is 15.6 Å². The van der Waals surface area contributed by atoms with E-state index in [1.165, 1.54) is 0 Å². The summed E-state index contributed by atoms with van der Waals surface area (Å²) in [7, 11) is 6.22. The Morgan fingerprint density at radius 3 is 2.23 bits per heavy atom. The van der Waals surface area contributed by atoms with Gasteiger partial charge in [-0.25, -0.2) is 4.68 Å². The number of anilines is 1. The molecule has 164 valence electrons. The largest absolute Gasteiger partial charge is 0.495 e. The Balaban J connectivity index is 2.07. The first-order valence-corrected chi connectivity index (χ1v) is 9.75. The number of amides is 1. The topological polar surface area (TPSA) is 96.7 Å². The smallest absolute Gasteiger partial charge is 0.224 e. The number of carbonyl (C=O) groups is 1. The summed E-state index contributed by atoms with van der Waals surface area (Å²) in [6, 6.07) is 9.07. The average Bonchev–Trinajstić information content (AvgIpc) is 3.28. The van der Waals surface area contributed by atoms with Gasteiger partial charge in [0, 0.05) is 24.1 Å². The van der Waals surface area contributed by atoms with Crippen molar-refractivity contribution in [1.82, 2.24) is 15.0 Å². The molecule has 1 N–H and O–H groups in total. The SMILES string of the molecule is CCCC(=O)Nc1cc(-c2cnnn2-c2cc(OC)c(OC)c(OC)c2)ccc1OC. The molecule has 31 heavy (non-hydrogen) atoms. The first-order valence-electron chi connectivity index (χ1n) is 9.75. The number of aromatic nitrogens is 3. The maximum absolute atomic E-state index is 12.1. The fraction of sp³-hybridized carbons (Fsp3) is 0.318. The predicted octanol–water partition coefficient (Wildman–Crippen LogP) is 3.71. The summed E-state index contributed by atoms with van der Waals surface area (Å²) in [5.74, 6) is 1.98. The van der Waals surface area contributed by atoms with Gasteiger partial charge in [-0.05, 0) is 24.6 Å². The number of methoxy groups -OCH3 is 4. The van der Waals surface area contributed by atoms with Crippen LogP contribution in [0.1, 0.15) is 19.8 Å². The molecule has 0 fully saturated rings. The van der Waals surface area contributed by atoms with Crippen LogP contribution in [-0.2, 0) is 4.79 Å². The van der Waals surface area contributed by atoms with Crippen LogP contribution < -0.4 is 24.3 Å². The normalized spacial score (nSPS) is 10.5. The van der Waals surface area contributed by atoms with Crippen LogP contribution in [0.25, 0.3) is 16.9 Å². The summed E-state index contributed by atoms with van der Waals surface area (Å²) in [6.07, 6.45) is 2.83. The number of hydrogen-bond acceptors (Lipinski definition) is 7. The Kier molecular flexibility index (Phi) is 6.96. The maximum atomic E-state index is 12.1. The molecule has 0 radical (unpaired) electrons. The second kappa shape index (κ2) is 9.84. The molecule has 1 heterocycles. The molecule has 1 amide bonds. The number of hydrogen-bond donors (Lipinski definition) is 1. The zero-order valence-corrected chi connectivity index (χ0v) is 18.3. The van der Waals surface area contributed by atoms with Crippen LogP contribution >= 0.6 is 0 Å². The van der Waals surface area contributed by atoms with Gasteiger partial charge < -0.3 is 24.3 Å². The third-order valence-electron chi connectivity index (χ3n) is 4.69. The molecule has 0 unspecified atom stereocenters. The molecule has 3 rings (SSSR count). The Hall–Kier alpha value is -3.75. The van der Waals surface area contributed by atoms with Crippen molar-refractivity contribution in [2.75, 3.05) is 33.8 Å². The second-order valence-corrected chi connectivity index (χ2v) is 6.63. The Morgan fingerprint density at radius 2 is 1.65 bits per heavy atom. The van der Waals surface area contributed by atoms with E-state index in [1.54, 1.807) is 57.5 Å². The molecule has 0 aliphatic rings. The molecule has 0 spiro atoms. The average molecular weight is 426 g/mol. The minimum Gasteiger partial charge on any atom is -0.495 e. The quantitative estimate of drug-likeness (QED) is 0.557. The van der Waals surface area contributed by atoms with Crippen molar-refractivity contribution in [3.05, 3.63) is 36.5 Å². The standard InChI is InChI=1S/C22H26N4O5/c1-6-7-21(27)24-16-10-14(8-9-18(16)28-2)17-13-23-25-26(17)15-11-19(29-3)22(31-5)20(12-15)30-4/h8-13H,6-7H2,1-5H3,(H,24,27). The highest BCUT2D eigenvalue weighted by molar-refractivity contribution is 5.93. The van der Waals surface area contributed by atoms with E-state index in [9.17, 15) is 4.79 Å². The van der Waals surface area contributed by atoms with Crippen molar-refractivity contribution in [3.63, 3.8) is 0 Å². The zero-order valence-electron chi connectivity index (χ0n) is 18.3. The summed E-state index contributed by atoms with van der Waals surface area (Å²) in [5, 5.41) is 11.2. The van der Waals surface area contributed by atoms with Gasteiger partial charge in [-0.3, -0.25) is 4.79 Å². The number of ether oxygens (including phenoxy) is 4. The van der Waals surface area contributed by atoms with Crippen LogP contribution in [0.4, 0.5) is 5.69 Å². The number of carbonyl (C=O) groups excluding carboxylic acids is 1. The monoisotopic (exact) mass is 426 g/mol. The highest BCUT2D eigenvalue weighted by atomic mass is 16.5. The number of rotatable bonds is 9. The van der Waals surface area contributed by atoms with Gasteiger partial charge >= 0.3 is 0 Å². The minimum absolute atomic E-state index is 0.0748. The fourth-order valence-corrected chi connectivity index (χ4v) is 3.22. The van der Waals surface area contributed by atoms with E-state index in [1.807, 2.05) is 19.1 Å². The molecule has 2 aromatic carbocycles. The van der Waals surface area contributed by atoms with Crippen LogP contribution in [0.3, 0.4) is 0 Å².